The van der Waals surface area contributed by atoms with Crippen LogP contribution in [0.3, 0.4) is 0 Å². The van der Waals surface area contributed by atoms with Gasteiger partial charge in [-0.3, -0.25) is 14.9 Å². The predicted molar refractivity (Wildman–Crippen MR) is 75.7 cm³/mol. The van der Waals surface area contributed by atoms with E-state index in [1.54, 1.807) is 11.1 Å². The molecule has 0 bridgehead atoms. The topological polar surface area (TPSA) is 88.3 Å². The number of hydrogen-bond acceptors (Lipinski definition) is 5. The first-order valence-electron chi connectivity index (χ1n) is 5.96. The van der Waals surface area contributed by atoms with Gasteiger partial charge in [-0.1, -0.05) is 6.92 Å². The van der Waals surface area contributed by atoms with Gasteiger partial charge in [-0.25, -0.2) is 4.98 Å². The maximum Gasteiger partial charge on any atom is 0.249 e. The molecule has 0 radical (unpaired) electrons. The van der Waals surface area contributed by atoms with Gasteiger partial charge in [0, 0.05) is 0 Å². The number of nitrogens with one attached hydrogen (secondary N) is 1. The van der Waals surface area contributed by atoms with Crippen molar-refractivity contribution in [3.8, 4) is 0 Å². The summed E-state index contributed by atoms with van der Waals surface area (Å²) in [7, 11) is 0. The van der Waals surface area contributed by atoms with Crippen molar-refractivity contribution >= 4 is 39.2 Å². The second-order valence-electron chi connectivity index (χ2n) is 4.44. The van der Waals surface area contributed by atoms with Crippen molar-refractivity contribution in [2.75, 3.05) is 17.2 Å². The normalized spacial score (nSPS) is 19.5. The fourth-order valence-corrected chi connectivity index (χ4v) is 2.63. The van der Waals surface area contributed by atoms with E-state index in [4.69, 9.17) is 5.73 Å². The summed E-state index contributed by atoms with van der Waals surface area (Å²) < 4.78 is 0.716. The number of amides is 2. The van der Waals surface area contributed by atoms with E-state index in [0.29, 0.717) is 22.4 Å². The Balaban J connectivity index is 2.46. The van der Waals surface area contributed by atoms with Gasteiger partial charge in [0.05, 0.1) is 22.9 Å². The molecule has 0 aromatic carbocycles. The number of nitrogen functional groups attached to an aromatic ring is 1. The highest BCUT2D eigenvalue weighted by molar-refractivity contribution is 9.10. The molecule has 7 heteroatoms. The van der Waals surface area contributed by atoms with E-state index in [2.05, 4.69) is 26.2 Å². The fraction of sp³-hybridized carbons (Fsp3) is 0.417. The first-order chi connectivity index (χ1) is 8.95. The molecule has 1 aliphatic heterocycles. The maximum absolute atomic E-state index is 11.8. The predicted octanol–water partition coefficient (Wildman–Crippen LogP) is 0.976. The van der Waals surface area contributed by atoms with Gasteiger partial charge in [0.1, 0.15) is 11.9 Å². The van der Waals surface area contributed by atoms with Crippen LogP contribution in [0.1, 0.15) is 18.9 Å². The zero-order chi connectivity index (χ0) is 14.2. The summed E-state index contributed by atoms with van der Waals surface area (Å²) in [6, 6.07) is -0.399. The van der Waals surface area contributed by atoms with Crippen LogP contribution in [-0.2, 0) is 9.59 Å². The molecule has 1 fully saturated rings. The largest absolute Gasteiger partial charge is 0.397 e. The molecule has 0 spiro atoms. The van der Waals surface area contributed by atoms with Crippen LogP contribution < -0.4 is 16.0 Å². The summed E-state index contributed by atoms with van der Waals surface area (Å²) in [6.45, 7) is 3.86. The van der Waals surface area contributed by atoms with Crippen LogP contribution >= 0.6 is 15.9 Å². The third kappa shape index (κ3) is 2.42. The number of halogens is 1. The molecule has 2 rings (SSSR count). The Hall–Kier alpha value is -1.63. The highest BCUT2D eigenvalue weighted by atomic mass is 79.9. The SMILES string of the molecule is CCC1C(=O)NC(=O)CN1c1ncc(N)c(C)c1Br. The average molecular weight is 327 g/mol. The summed E-state index contributed by atoms with van der Waals surface area (Å²) >= 11 is 3.44. The molecule has 1 aliphatic rings. The molecule has 6 nitrogen and oxygen atoms in total. The summed E-state index contributed by atoms with van der Waals surface area (Å²) in [4.78, 5) is 29.3. The Labute approximate surface area is 119 Å². The van der Waals surface area contributed by atoms with Crippen LogP contribution in [-0.4, -0.2) is 29.4 Å². The Kier molecular flexibility index (Phi) is 3.75. The number of nitrogens with two attached hydrogens (primary N) is 1. The van der Waals surface area contributed by atoms with Crippen molar-refractivity contribution in [3.05, 3.63) is 16.2 Å². The van der Waals surface area contributed by atoms with Crippen molar-refractivity contribution in [2.45, 2.75) is 26.3 Å². The molecule has 1 unspecified atom stereocenters. The van der Waals surface area contributed by atoms with Crippen LogP contribution in [0.4, 0.5) is 11.5 Å². The van der Waals surface area contributed by atoms with Crippen LogP contribution in [0.2, 0.25) is 0 Å². The van der Waals surface area contributed by atoms with Crippen molar-refractivity contribution in [1.82, 2.24) is 10.3 Å². The zero-order valence-electron chi connectivity index (χ0n) is 10.7. The Morgan fingerprint density at radius 1 is 1.58 bits per heavy atom. The Bertz CT molecular complexity index is 547. The summed E-state index contributed by atoms with van der Waals surface area (Å²) in [5, 5.41) is 2.34. The number of nitrogens with zero attached hydrogens (tertiary/aromatic N) is 2. The number of anilines is 2. The van der Waals surface area contributed by atoms with Gasteiger partial charge in [-0.2, -0.15) is 0 Å². The van der Waals surface area contributed by atoms with Gasteiger partial charge in [0.15, 0.2) is 0 Å². The van der Waals surface area contributed by atoms with Gasteiger partial charge < -0.3 is 10.6 Å². The standard InChI is InChI=1S/C12H15BrN4O2/c1-3-8-12(19)16-9(18)5-17(8)11-10(13)6(2)7(14)4-15-11/h4,8H,3,5,14H2,1-2H3,(H,16,18,19). The zero-order valence-corrected chi connectivity index (χ0v) is 12.3. The number of imide groups is 1. The molecular formula is C12H15BrN4O2. The number of carbonyl (C=O) groups excluding carboxylic acids is 2. The Morgan fingerprint density at radius 3 is 2.89 bits per heavy atom. The molecule has 1 aromatic heterocycles. The first-order valence-corrected chi connectivity index (χ1v) is 6.76. The maximum atomic E-state index is 11.8. The van der Waals surface area contributed by atoms with Gasteiger partial charge >= 0.3 is 0 Å². The number of rotatable bonds is 2. The van der Waals surface area contributed by atoms with E-state index in [0.717, 1.165) is 5.56 Å². The lowest BCUT2D eigenvalue weighted by atomic mass is 10.1. The minimum atomic E-state index is -0.399. The number of hydrogen-bond donors (Lipinski definition) is 2. The molecular weight excluding hydrogens is 312 g/mol. The molecule has 1 atom stereocenters. The summed E-state index contributed by atoms with van der Waals surface area (Å²) in [6.07, 6.45) is 2.13. The lowest BCUT2D eigenvalue weighted by Gasteiger charge is -2.35. The van der Waals surface area contributed by atoms with E-state index in [9.17, 15) is 9.59 Å². The number of pyridine rings is 1. The van der Waals surface area contributed by atoms with Gasteiger partial charge in [0.25, 0.3) is 0 Å². The van der Waals surface area contributed by atoms with Crippen molar-refractivity contribution < 1.29 is 9.59 Å². The molecule has 0 saturated carbocycles. The van der Waals surface area contributed by atoms with Gasteiger partial charge in [-0.15, -0.1) is 0 Å². The second kappa shape index (κ2) is 5.16. The molecule has 19 heavy (non-hydrogen) atoms. The quantitative estimate of drug-likeness (QED) is 0.791. The third-order valence-corrected chi connectivity index (χ3v) is 4.15. The van der Waals surface area contributed by atoms with Crippen molar-refractivity contribution in [2.24, 2.45) is 0 Å². The smallest absolute Gasteiger partial charge is 0.249 e. The van der Waals surface area contributed by atoms with Gasteiger partial charge in [0.2, 0.25) is 11.8 Å². The molecule has 0 aliphatic carbocycles. The molecule has 102 valence electrons. The molecule has 1 saturated heterocycles. The average Bonchev–Trinajstić information content (AvgIpc) is 2.35. The van der Waals surface area contributed by atoms with E-state index in [1.807, 2.05) is 13.8 Å². The monoisotopic (exact) mass is 326 g/mol. The lowest BCUT2D eigenvalue weighted by molar-refractivity contribution is -0.132. The van der Waals surface area contributed by atoms with E-state index >= 15 is 0 Å². The number of carbonyl (C=O) groups is 2. The van der Waals surface area contributed by atoms with Crippen molar-refractivity contribution in [3.63, 3.8) is 0 Å². The molecule has 3 N–H and O–H groups in total. The molecule has 2 amide bonds. The summed E-state index contributed by atoms with van der Waals surface area (Å²) in [5.41, 5.74) is 7.20. The fourth-order valence-electron chi connectivity index (χ4n) is 2.07. The third-order valence-electron chi connectivity index (χ3n) is 3.20. The van der Waals surface area contributed by atoms with E-state index in [-0.39, 0.29) is 18.4 Å². The highest BCUT2D eigenvalue weighted by Gasteiger charge is 2.34. The van der Waals surface area contributed by atoms with Crippen LogP contribution in [0.5, 0.6) is 0 Å². The van der Waals surface area contributed by atoms with E-state index < -0.39 is 6.04 Å². The number of piperazine rings is 1. The first kappa shape index (κ1) is 13.8. The second-order valence-corrected chi connectivity index (χ2v) is 5.23. The van der Waals surface area contributed by atoms with Crippen molar-refractivity contribution in [1.29, 1.82) is 0 Å². The van der Waals surface area contributed by atoms with Crippen LogP contribution in [0.15, 0.2) is 10.7 Å². The van der Waals surface area contributed by atoms with Crippen LogP contribution in [0, 0.1) is 6.92 Å². The van der Waals surface area contributed by atoms with Crippen LogP contribution in [0.25, 0.3) is 0 Å². The molecule has 1 aromatic rings. The highest BCUT2D eigenvalue weighted by Crippen LogP contribution is 2.32. The number of aromatic nitrogens is 1. The Morgan fingerprint density at radius 2 is 2.26 bits per heavy atom. The van der Waals surface area contributed by atoms with E-state index in [1.165, 1.54) is 0 Å². The minimum Gasteiger partial charge on any atom is -0.397 e. The minimum absolute atomic E-state index is 0.110. The summed E-state index contributed by atoms with van der Waals surface area (Å²) in [5.74, 6) is -0.0402. The lowest BCUT2D eigenvalue weighted by Crippen LogP contribution is -2.58. The molecule has 2 heterocycles. The van der Waals surface area contributed by atoms with Gasteiger partial charge in [-0.05, 0) is 34.8 Å².